The Hall–Kier alpha value is -1.91. The third-order valence-electron chi connectivity index (χ3n) is 3.16. The van der Waals surface area contributed by atoms with E-state index in [1.54, 1.807) is 14.2 Å². The first-order chi connectivity index (χ1) is 9.04. The number of benzene rings is 1. The van der Waals surface area contributed by atoms with Crippen molar-refractivity contribution in [1.82, 2.24) is 0 Å². The van der Waals surface area contributed by atoms with Crippen LogP contribution in [0.25, 0.3) is 0 Å². The van der Waals surface area contributed by atoms with Crippen LogP contribution in [0, 0.1) is 12.8 Å². The van der Waals surface area contributed by atoms with E-state index in [0.29, 0.717) is 18.7 Å². The zero-order chi connectivity index (χ0) is 14.4. The molecule has 1 aromatic carbocycles. The van der Waals surface area contributed by atoms with Crippen molar-refractivity contribution in [2.75, 3.05) is 26.1 Å². The number of ether oxygens (including phenoxy) is 2. The molecule has 5 heteroatoms. The van der Waals surface area contributed by atoms with E-state index in [-0.39, 0.29) is 0 Å². The highest BCUT2D eigenvalue weighted by molar-refractivity contribution is 5.71. The third kappa shape index (κ3) is 3.53. The summed E-state index contributed by atoms with van der Waals surface area (Å²) >= 11 is 0. The number of carbonyl (C=O) groups is 1. The summed E-state index contributed by atoms with van der Waals surface area (Å²) in [5.41, 5.74) is 1.67. The Bertz CT molecular complexity index is 445. The molecule has 0 saturated heterocycles. The topological polar surface area (TPSA) is 67.8 Å². The van der Waals surface area contributed by atoms with E-state index in [1.807, 2.05) is 26.0 Å². The third-order valence-corrected chi connectivity index (χ3v) is 3.16. The van der Waals surface area contributed by atoms with Crippen LogP contribution in [0.5, 0.6) is 11.5 Å². The van der Waals surface area contributed by atoms with Crippen molar-refractivity contribution in [2.24, 2.45) is 5.92 Å². The zero-order valence-electron chi connectivity index (χ0n) is 11.8. The number of rotatable bonds is 7. The van der Waals surface area contributed by atoms with Gasteiger partial charge in [-0.1, -0.05) is 6.92 Å². The van der Waals surface area contributed by atoms with Gasteiger partial charge in [-0.3, -0.25) is 4.79 Å². The molecule has 0 aliphatic rings. The highest BCUT2D eigenvalue weighted by Crippen LogP contribution is 2.34. The second-order valence-electron chi connectivity index (χ2n) is 4.30. The molecule has 0 bridgehead atoms. The number of methoxy groups -OCH3 is 2. The molecule has 0 radical (unpaired) electrons. The predicted octanol–water partition coefficient (Wildman–Crippen LogP) is 2.53. The first-order valence-corrected chi connectivity index (χ1v) is 6.23. The fourth-order valence-electron chi connectivity index (χ4n) is 1.94. The Morgan fingerprint density at radius 1 is 1.37 bits per heavy atom. The second kappa shape index (κ2) is 6.87. The molecule has 1 aromatic rings. The molecule has 19 heavy (non-hydrogen) atoms. The van der Waals surface area contributed by atoms with Gasteiger partial charge in [-0.15, -0.1) is 0 Å². The van der Waals surface area contributed by atoms with Crippen LogP contribution in [0.3, 0.4) is 0 Å². The highest BCUT2D eigenvalue weighted by atomic mass is 16.5. The summed E-state index contributed by atoms with van der Waals surface area (Å²) in [4.78, 5) is 11.0. The van der Waals surface area contributed by atoms with Gasteiger partial charge in [0, 0.05) is 12.1 Å². The minimum atomic E-state index is -0.792. The van der Waals surface area contributed by atoms with Crippen LogP contribution in [0.15, 0.2) is 12.1 Å². The van der Waals surface area contributed by atoms with Gasteiger partial charge in [0.1, 0.15) is 11.5 Å². The van der Waals surface area contributed by atoms with Crippen LogP contribution in [0.2, 0.25) is 0 Å². The van der Waals surface area contributed by atoms with Gasteiger partial charge in [-0.2, -0.15) is 0 Å². The average molecular weight is 267 g/mol. The summed E-state index contributed by atoms with van der Waals surface area (Å²) in [5, 5.41) is 12.2. The van der Waals surface area contributed by atoms with Gasteiger partial charge < -0.3 is 19.9 Å². The van der Waals surface area contributed by atoms with Crippen LogP contribution < -0.4 is 14.8 Å². The first-order valence-electron chi connectivity index (χ1n) is 6.23. The largest absolute Gasteiger partial charge is 0.496 e. The van der Waals surface area contributed by atoms with Gasteiger partial charge in [0.15, 0.2) is 0 Å². The smallest absolute Gasteiger partial charge is 0.308 e. The predicted molar refractivity (Wildman–Crippen MR) is 74.2 cm³/mol. The number of nitrogens with one attached hydrogen (secondary N) is 1. The number of aliphatic carboxylic acids is 1. The van der Waals surface area contributed by atoms with E-state index in [2.05, 4.69) is 5.32 Å². The van der Waals surface area contributed by atoms with Crippen molar-refractivity contribution in [3.05, 3.63) is 17.7 Å². The lowest BCUT2D eigenvalue weighted by molar-refractivity contribution is -0.141. The minimum Gasteiger partial charge on any atom is -0.496 e. The molecule has 2 N–H and O–H groups in total. The van der Waals surface area contributed by atoms with Gasteiger partial charge in [-0.25, -0.2) is 0 Å². The van der Waals surface area contributed by atoms with E-state index in [4.69, 9.17) is 14.6 Å². The van der Waals surface area contributed by atoms with Crippen LogP contribution in [0.4, 0.5) is 5.69 Å². The Balaban J connectivity index is 2.89. The van der Waals surface area contributed by atoms with Crippen molar-refractivity contribution >= 4 is 11.7 Å². The maximum absolute atomic E-state index is 11.0. The number of anilines is 1. The second-order valence-corrected chi connectivity index (χ2v) is 4.30. The molecule has 0 amide bonds. The van der Waals surface area contributed by atoms with Crippen molar-refractivity contribution < 1.29 is 19.4 Å². The summed E-state index contributed by atoms with van der Waals surface area (Å²) in [5.74, 6) is 0.221. The number of hydrogen-bond donors (Lipinski definition) is 2. The molecule has 0 aromatic heterocycles. The zero-order valence-corrected chi connectivity index (χ0v) is 11.8. The quantitative estimate of drug-likeness (QED) is 0.794. The molecule has 0 spiro atoms. The van der Waals surface area contributed by atoms with Gasteiger partial charge >= 0.3 is 5.97 Å². The summed E-state index contributed by atoms with van der Waals surface area (Å²) in [6.07, 6.45) is 0.583. The molecule has 0 heterocycles. The maximum atomic E-state index is 11.0. The molecule has 1 unspecified atom stereocenters. The average Bonchev–Trinajstić information content (AvgIpc) is 2.39. The lowest BCUT2D eigenvalue weighted by Crippen LogP contribution is -2.22. The van der Waals surface area contributed by atoms with E-state index in [9.17, 15) is 4.79 Å². The van der Waals surface area contributed by atoms with Gasteiger partial charge in [0.2, 0.25) is 0 Å². The number of hydrogen-bond acceptors (Lipinski definition) is 4. The van der Waals surface area contributed by atoms with E-state index in [0.717, 1.165) is 17.0 Å². The summed E-state index contributed by atoms with van der Waals surface area (Å²) in [6.45, 7) is 4.13. The number of carboxylic acids is 1. The molecular formula is C14H21NO4. The maximum Gasteiger partial charge on any atom is 0.308 e. The molecule has 106 valence electrons. The van der Waals surface area contributed by atoms with Gasteiger partial charge in [0.05, 0.1) is 25.8 Å². The monoisotopic (exact) mass is 267 g/mol. The van der Waals surface area contributed by atoms with Crippen LogP contribution in [-0.4, -0.2) is 31.8 Å². The molecule has 1 rings (SSSR count). The van der Waals surface area contributed by atoms with Crippen molar-refractivity contribution in [3.63, 3.8) is 0 Å². The highest BCUT2D eigenvalue weighted by Gasteiger charge is 2.16. The number of carboxylic acid groups (broad SMARTS) is 1. The van der Waals surface area contributed by atoms with E-state index >= 15 is 0 Å². The molecule has 1 atom stereocenters. The molecule has 5 nitrogen and oxygen atoms in total. The normalized spacial score (nSPS) is 11.8. The van der Waals surface area contributed by atoms with Gasteiger partial charge in [0.25, 0.3) is 0 Å². The molecule has 0 saturated carbocycles. The lowest BCUT2D eigenvalue weighted by Gasteiger charge is -2.17. The summed E-state index contributed by atoms with van der Waals surface area (Å²) < 4.78 is 10.6. The standard InChI is InChI=1S/C14H21NO4/c1-5-10(14(16)17)8-15-11-6-7-12(18-3)9(2)13(11)19-4/h6-7,10,15H,5,8H2,1-4H3,(H,16,17). The SMILES string of the molecule is CCC(CNc1ccc(OC)c(C)c1OC)C(=O)O. The molecule has 0 fully saturated rings. The Morgan fingerprint density at radius 2 is 2.05 bits per heavy atom. The Morgan fingerprint density at radius 3 is 2.53 bits per heavy atom. The minimum absolute atomic E-state index is 0.369. The van der Waals surface area contributed by atoms with Crippen molar-refractivity contribution in [3.8, 4) is 11.5 Å². The Kier molecular flexibility index (Phi) is 5.48. The summed E-state index contributed by atoms with van der Waals surface area (Å²) in [6, 6.07) is 3.67. The fourth-order valence-corrected chi connectivity index (χ4v) is 1.94. The molecule has 0 aliphatic carbocycles. The van der Waals surface area contributed by atoms with Crippen LogP contribution >= 0.6 is 0 Å². The van der Waals surface area contributed by atoms with Crippen molar-refractivity contribution in [2.45, 2.75) is 20.3 Å². The van der Waals surface area contributed by atoms with E-state index < -0.39 is 11.9 Å². The van der Waals surface area contributed by atoms with Crippen LogP contribution in [0.1, 0.15) is 18.9 Å². The fraction of sp³-hybridized carbons (Fsp3) is 0.500. The molecular weight excluding hydrogens is 246 g/mol. The molecule has 0 aliphatic heterocycles. The van der Waals surface area contributed by atoms with Gasteiger partial charge in [-0.05, 0) is 25.5 Å². The summed E-state index contributed by atoms with van der Waals surface area (Å²) in [7, 11) is 3.19. The Labute approximate surface area is 113 Å². The van der Waals surface area contributed by atoms with E-state index in [1.165, 1.54) is 0 Å². The first kappa shape index (κ1) is 15.1. The van der Waals surface area contributed by atoms with Crippen molar-refractivity contribution in [1.29, 1.82) is 0 Å². The lowest BCUT2D eigenvalue weighted by atomic mass is 10.1. The van der Waals surface area contributed by atoms with Crippen LogP contribution in [-0.2, 0) is 4.79 Å².